The highest BCUT2D eigenvalue weighted by Crippen LogP contribution is 2.36. The van der Waals surface area contributed by atoms with E-state index in [2.05, 4.69) is 79.9 Å². The van der Waals surface area contributed by atoms with Gasteiger partial charge in [0.15, 0.2) is 6.61 Å². The van der Waals surface area contributed by atoms with Crippen LogP contribution in [0.25, 0.3) is 22.2 Å². The predicted octanol–water partition coefficient (Wildman–Crippen LogP) is 8.80. The van der Waals surface area contributed by atoms with Gasteiger partial charge in [-0.1, -0.05) is 51.7 Å². The highest BCUT2D eigenvalue weighted by atomic mass is 16.5. The Labute approximate surface area is 262 Å². The van der Waals surface area contributed by atoms with Crippen molar-refractivity contribution in [3.05, 3.63) is 77.9 Å². The zero-order valence-corrected chi connectivity index (χ0v) is 26.8. The molecule has 1 saturated heterocycles. The van der Waals surface area contributed by atoms with Gasteiger partial charge in [-0.05, 0) is 104 Å². The molecule has 4 aromatic rings. The Balaban J connectivity index is 1.37. The molecule has 0 aliphatic carbocycles. The van der Waals surface area contributed by atoms with Crippen molar-refractivity contribution in [1.82, 2.24) is 9.47 Å². The third kappa shape index (κ3) is 7.96. The van der Waals surface area contributed by atoms with E-state index in [1.807, 2.05) is 17.0 Å². The Morgan fingerprint density at radius 2 is 1.32 bits per heavy atom. The molecule has 0 N–H and O–H groups in total. The van der Waals surface area contributed by atoms with Gasteiger partial charge in [0.1, 0.15) is 17.2 Å². The van der Waals surface area contributed by atoms with Crippen molar-refractivity contribution in [2.45, 2.75) is 78.7 Å². The van der Waals surface area contributed by atoms with E-state index in [0.717, 1.165) is 93.2 Å². The molecule has 1 aliphatic rings. The second-order valence-corrected chi connectivity index (χ2v) is 11.9. The summed E-state index contributed by atoms with van der Waals surface area (Å²) in [5.74, 6) is 2.61. The summed E-state index contributed by atoms with van der Waals surface area (Å²) in [7, 11) is 0. The molecule has 6 heteroatoms. The third-order valence-corrected chi connectivity index (χ3v) is 8.53. The number of ether oxygens (including phenoxy) is 3. The maximum atomic E-state index is 12.7. The molecule has 234 valence electrons. The van der Waals surface area contributed by atoms with Gasteiger partial charge in [0, 0.05) is 30.5 Å². The van der Waals surface area contributed by atoms with Crippen molar-refractivity contribution in [2.24, 2.45) is 0 Å². The number of carbonyl (C=O) groups is 1. The lowest BCUT2D eigenvalue weighted by Crippen LogP contribution is -2.35. The van der Waals surface area contributed by atoms with Crippen LogP contribution in [-0.4, -0.2) is 48.3 Å². The van der Waals surface area contributed by atoms with Crippen LogP contribution in [0.15, 0.2) is 66.7 Å². The van der Waals surface area contributed by atoms with Gasteiger partial charge in [0.2, 0.25) is 0 Å². The molecule has 0 atom stereocenters. The highest BCUT2D eigenvalue weighted by molar-refractivity contribution is 5.92. The molecule has 2 heterocycles. The van der Waals surface area contributed by atoms with Gasteiger partial charge in [-0.15, -0.1) is 0 Å². The lowest BCUT2D eigenvalue weighted by atomic mass is 10.1. The van der Waals surface area contributed by atoms with Gasteiger partial charge in [-0.3, -0.25) is 4.79 Å². The Bertz CT molecular complexity index is 1480. The van der Waals surface area contributed by atoms with Crippen LogP contribution < -0.4 is 14.2 Å². The number of likely N-dealkylation sites (tertiary alicyclic amines) is 1. The van der Waals surface area contributed by atoms with E-state index in [1.165, 1.54) is 35.0 Å². The van der Waals surface area contributed by atoms with Crippen LogP contribution in [0.3, 0.4) is 0 Å². The molecule has 1 aromatic heterocycles. The van der Waals surface area contributed by atoms with Crippen molar-refractivity contribution < 1.29 is 19.0 Å². The fraction of sp³-hybridized carbons (Fsp3) is 0.447. The number of nitrogens with zero attached hydrogens (tertiary/aromatic N) is 2. The van der Waals surface area contributed by atoms with Crippen LogP contribution in [0, 0.1) is 6.92 Å². The smallest absolute Gasteiger partial charge is 0.260 e. The Morgan fingerprint density at radius 1 is 0.727 bits per heavy atom. The van der Waals surface area contributed by atoms with Crippen LogP contribution in [0.1, 0.15) is 76.3 Å². The molecular weight excluding hydrogens is 548 g/mol. The van der Waals surface area contributed by atoms with Gasteiger partial charge in [-0.2, -0.15) is 0 Å². The lowest BCUT2D eigenvalue weighted by molar-refractivity contribution is -0.133. The molecule has 6 nitrogen and oxygen atoms in total. The van der Waals surface area contributed by atoms with Gasteiger partial charge in [-0.25, -0.2) is 0 Å². The maximum absolute atomic E-state index is 12.7. The number of amides is 1. The largest absolute Gasteiger partial charge is 0.494 e. The monoisotopic (exact) mass is 596 g/mol. The van der Waals surface area contributed by atoms with Crippen LogP contribution >= 0.6 is 0 Å². The third-order valence-electron chi connectivity index (χ3n) is 8.53. The van der Waals surface area contributed by atoms with Gasteiger partial charge < -0.3 is 23.7 Å². The fourth-order valence-corrected chi connectivity index (χ4v) is 5.94. The molecule has 0 saturated carbocycles. The predicted molar refractivity (Wildman–Crippen MR) is 179 cm³/mol. The first-order valence-corrected chi connectivity index (χ1v) is 16.6. The average molecular weight is 597 g/mol. The average Bonchev–Trinajstić information content (AvgIpc) is 3.20. The van der Waals surface area contributed by atoms with Crippen molar-refractivity contribution in [3.63, 3.8) is 0 Å². The number of hydrogen-bond acceptors (Lipinski definition) is 4. The first-order chi connectivity index (χ1) is 21.6. The highest BCUT2D eigenvalue weighted by Gasteiger charge is 2.18. The number of fused-ring (bicyclic) bond motifs is 1. The van der Waals surface area contributed by atoms with E-state index in [-0.39, 0.29) is 12.5 Å². The summed E-state index contributed by atoms with van der Waals surface area (Å²) in [6, 6.07) is 23.1. The summed E-state index contributed by atoms with van der Waals surface area (Å²) in [6.45, 7) is 10.5. The maximum Gasteiger partial charge on any atom is 0.260 e. The number of unbranched alkanes of at least 4 members (excludes halogenated alkanes) is 2. The Morgan fingerprint density at radius 3 is 1.98 bits per heavy atom. The molecule has 1 aliphatic heterocycles. The summed E-state index contributed by atoms with van der Waals surface area (Å²) in [4.78, 5) is 14.6. The molecule has 3 aromatic carbocycles. The SMILES string of the molecule is CCCCOc1ccc(-c2c(C)c3cc(OCCCC)ccc3n2Cc2ccc(OCC(=O)N3CCCCCC3)cc2)cc1. The van der Waals surface area contributed by atoms with Crippen molar-refractivity contribution >= 4 is 16.8 Å². The molecule has 0 unspecified atom stereocenters. The van der Waals surface area contributed by atoms with E-state index in [1.54, 1.807) is 0 Å². The molecule has 1 amide bonds. The second kappa shape index (κ2) is 15.7. The first-order valence-electron chi connectivity index (χ1n) is 16.6. The standard InChI is InChI=1S/C38H48N2O4/c1-4-6-24-42-32-18-14-31(15-19-32)38-29(3)35-26-34(43-25-7-5-2)20-21-36(35)40(38)27-30-12-16-33(17-13-30)44-28-37(41)39-22-10-8-9-11-23-39/h12-21,26H,4-11,22-25,27-28H2,1-3H3. The molecule has 0 bridgehead atoms. The number of aryl methyl sites for hydroxylation is 1. The van der Waals surface area contributed by atoms with Gasteiger partial charge in [0.25, 0.3) is 5.91 Å². The summed E-state index contributed by atoms with van der Waals surface area (Å²) < 4.78 is 20.3. The minimum atomic E-state index is 0.0785. The Kier molecular flexibility index (Phi) is 11.2. The number of hydrogen-bond donors (Lipinski definition) is 0. The zero-order chi connectivity index (χ0) is 30.7. The summed E-state index contributed by atoms with van der Waals surface area (Å²) in [5.41, 5.74) is 5.91. The van der Waals surface area contributed by atoms with Gasteiger partial charge >= 0.3 is 0 Å². The summed E-state index contributed by atoms with van der Waals surface area (Å²) in [6.07, 6.45) is 8.90. The zero-order valence-electron chi connectivity index (χ0n) is 26.8. The van der Waals surface area contributed by atoms with E-state index in [9.17, 15) is 4.79 Å². The first kappa shape index (κ1) is 31.5. The minimum absolute atomic E-state index is 0.0785. The topological polar surface area (TPSA) is 52.9 Å². The van der Waals surface area contributed by atoms with Crippen molar-refractivity contribution in [1.29, 1.82) is 0 Å². The van der Waals surface area contributed by atoms with Crippen LogP contribution in [0.5, 0.6) is 17.2 Å². The van der Waals surface area contributed by atoms with E-state index in [4.69, 9.17) is 14.2 Å². The summed E-state index contributed by atoms with van der Waals surface area (Å²) >= 11 is 0. The minimum Gasteiger partial charge on any atom is -0.494 e. The molecule has 0 radical (unpaired) electrons. The molecule has 44 heavy (non-hydrogen) atoms. The van der Waals surface area contributed by atoms with Crippen LogP contribution in [0.2, 0.25) is 0 Å². The lowest BCUT2D eigenvalue weighted by Gasteiger charge is -2.20. The second-order valence-electron chi connectivity index (χ2n) is 11.9. The fourth-order valence-electron chi connectivity index (χ4n) is 5.94. The van der Waals surface area contributed by atoms with E-state index >= 15 is 0 Å². The number of rotatable bonds is 14. The van der Waals surface area contributed by atoms with Crippen LogP contribution in [-0.2, 0) is 11.3 Å². The number of carbonyl (C=O) groups excluding carboxylic acids is 1. The molecular formula is C38H48N2O4. The Hall–Kier alpha value is -3.93. The number of benzene rings is 3. The molecule has 0 spiro atoms. The molecule has 5 rings (SSSR count). The number of aromatic nitrogens is 1. The van der Waals surface area contributed by atoms with E-state index in [0.29, 0.717) is 6.54 Å². The van der Waals surface area contributed by atoms with Crippen molar-refractivity contribution in [2.75, 3.05) is 32.9 Å². The quantitative estimate of drug-likeness (QED) is 0.137. The van der Waals surface area contributed by atoms with Gasteiger partial charge in [0.05, 0.1) is 18.9 Å². The summed E-state index contributed by atoms with van der Waals surface area (Å²) in [5, 5.41) is 1.20. The van der Waals surface area contributed by atoms with E-state index < -0.39 is 0 Å². The normalized spacial score (nSPS) is 13.6. The van der Waals surface area contributed by atoms with Crippen molar-refractivity contribution in [3.8, 4) is 28.5 Å². The molecule has 1 fully saturated rings. The van der Waals surface area contributed by atoms with Crippen LogP contribution in [0.4, 0.5) is 0 Å².